The van der Waals surface area contributed by atoms with Gasteiger partial charge in [0.1, 0.15) is 12.4 Å². The molecule has 0 aliphatic heterocycles. The van der Waals surface area contributed by atoms with Gasteiger partial charge in [-0.1, -0.05) is 72.4 Å². The van der Waals surface area contributed by atoms with Crippen molar-refractivity contribution >= 4 is 44.9 Å². The first-order valence-corrected chi connectivity index (χ1v) is 12.0. The van der Waals surface area contributed by atoms with Gasteiger partial charge in [-0.2, -0.15) is 0 Å². The number of fused-ring (bicyclic) bond motifs is 2. The molecule has 34 heavy (non-hydrogen) atoms. The summed E-state index contributed by atoms with van der Waals surface area (Å²) in [4.78, 5) is 12.5. The van der Waals surface area contributed by atoms with Crippen LogP contribution >= 0.6 is 11.8 Å². The second-order valence-electron chi connectivity index (χ2n) is 8.06. The Balaban J connectivity index is 1.19. The lowest BCUT2D eigenvalue weighted by atomic mass is 10.0. The van der Waals surface area contributed by atoms with Crippen molar-refractivity contribution in [2.45, 2.75) is 18.7 Å². The zero-order chi connectivity index (χ0) is 23.5. The maximum Gasteiger partial charge on any atom is 0.234 e. The maximum absolute atomic E-state index is 12.5. The second kappa shape index (κ2) is 9.57. The van der Waals surface area contributed by atoms with E-state index in [2.05, 4.69) is 40.6 Å². The van der Waals surface area contributed by atoms with Crippen LogP contribution in [0.25, 0.3) is 21.5 Å². The SMILES string of the molecule is Cc1c(OCc2nnc(SCC(=O)Nc3ccc4ccccc4c3)n2C)ccc2ccccc12. The van der Waals surface area contributed by atoms with Crippen LogP contribution in [0.2, 0.25) is 0 Å². The summed E-state index contributed by atoms with van der Waals surface area (Å²) in [5.74, 6) is 1.67. The first-order valence-electron chi connectivity index (χ1n) is 11.0. The Labute approximate surface area is 202 Å². The monoisotopic (exact) mass is 468 g/mol. The lowest BCUT2D eigenvalue weighted by molar-refractivity contribution is -0.113. The Kier molecular flexibility index (Phi) is 6.18. The van der Waals surface area contributed by atoms with Gasteiger partial charge in [0.25, 0.3) is 0 Å². The molecule has 0 unspecified atom stereocenters. The molecule has 0 aliphatic rings. The molecular weight excluding hydrogens is 444 g/mol. The average molecular weight is 469 g/mol. The molecule has 0 radical (unpaired) electrons. The first kappa shape index (κ1) is 22.0. The van der Waals surface area contributed by atoms with E-state index in [0.717, 1.165) is 27.8 Å². The summed E-state index contributed by atoms with van der Waals surface area (Å²) in [5, 5.41) is 16.7. The van der Waals surface area contributed by atoms with E-state index in [4.69, 9.17) is 4.74 Å². The van der Waals surface area contributed by atoms with Crippen molar-refractivity contribution in [3.63, 3.8) is 0 Å². The molecule has 0 fully saturated rings. The highest BCUT2D eigenvalue weighted by molar-refractivity contribution is 7.99. The molecule has 1 aromatic heterocycles. The molecule has 1 amide bonds. The zero-order valence-electron chi connectivity index (χ0n) is 19.0. The van der Waals surface area contributed by atoms with Crippen molar-refractivity contribution in [3.8, 4) is 5.75 Å². The fourth-order valence-corrected chi connectivity index (χ4v) is 4.63. The quantitative estimate of drug-likeness (QED) is 0.309. The molecule has 4 aromatic carbocycles. The van der Waals surface area contributed by atoms with Crippen molar-refractivity contribution in [2.75, 3.05) is 11.1 Å². The Morgan fingerprint density at radius 3 is 2.53 bits per heavy atom. The molecule has 0 saturated carbocycles. The number of rotatable bonds is 7. The molecule has 1 heterocycles. The van der Waals surface area contributed by atoms with Crippen LogP contribution in [-0.4, -0.2) is 26.4 Å². The number of hydrogen-bond acceptors (Lipinski definition) is 5. The third kappa shape index (κ3) is 4.61. The third-order valence-electron chi connectivity index (χ3n) is 5.80. The molecule has 5 rings (SSSR count). The van der Waals surface area contributed by atoms with Crippen LogP contribution < -0.4 is 10.1 Å². The Morgan fingerprint density at radius 2 is 1.68 bits per heavy atom. The van der Waals surface area contributed by atoms with Crippen LogP contribution in [-0.2, 0) is 18.4 Å². The number of carbonyl (C=O) groups excluding carboxylic acids is 1. The minimum absolute atomic E-state index is 0.0899. The van der Waals surface area contributed by atoms with Crippen molar-refractivity contribution in [1.82, 2.24) is 14.8 Å². The van der Waals surface area contributed by atoms with Gasteiger partial charge < -0.3 is 14.6 Å². The number of ether oxygens (including phenoxy) is 1. The highest BCUT2D eigenvalue weighted by Crippen LogP contribution is 2.28. The predicted molar refractivity (Wildman–Crippen MR) is 137 cm³/mol. The zero-order valence-corrected chi connectivity index (χ0v) is 19.8. The van der Waals surface area contributed by atoms with Gasteiger partial charge in [-0.15, -0.1) is 10.2 Å². The standard InChI is InChI=1S/C27H24N4O2S/c1-18-23-10-6-5-8-20(23)12-14-24(18)33-16-25-29-30-27(31(25)2)34-17-26(32)28-22-13-11-19-7-3-4-9-21(19)15-22/h3-15H,16-17H2,1-2H3,(H,28,32). The van der Waals surface area contributed by atoms with E-state index in [1.54, 1.807) is 0 Å². The molecule has 0 aliphatic carbocycles. The summed E-state index contributed by atoms with van der Waals surface area (Å²) >= 11 is 1.35. The van der Waals surface area contributed by atoms with Gasteiger partial charge in [0.15, 0.2) is 11.0 Å². The summed E-state index contributed by atoms with van der Waals surface area (Å²) in [7, 11) is 1.88. The van der Waals surface area contributed by atoms with Crippen LogP contribution in [0, 0.1) is 6.92 Å². The first-order chi connectivity index (χ1) is 16.6. The number of aryl methyl sites for hydroxylation is 1. The molecular formula is C27H24N4O2S. The highest BCUT2D eigenvalue weighted by Gasteiger charge is 2.13. The van der Waals surface area contributed by atoms with E-state index in [0.29, 0.717) is 17.6 Å². The molecule has 0 bridgehead atoms. The van der Waals surface area contributed by atoms with Gasteiger partial charge in [0.05, 0.1) is 5.75 Å². The van der Waals surface area contributed by atoms with E-state index in [1.807, 2.05) is 72.3 Å². The molecule has 7 heteroatoms. The number of benzene rings is 4. The topological polar surface area (TPSA) is 69.0 Å². The summed E-state index contributed by atoms with van der Waals surface area (Å²) < 4.78 is 7.92. The normalized spacial score (nSPS) is 11.1. The average Bonchev–Trinajstić information content (AvgIpc) is 3.21. The lowest BCUT2D eigenvalue weighted by Gasteiger charge is -2.11. The number of carbonyl (C=O) groups is 1. The van der Waals surface area contributed by atoms with E-state index in [-0.39, 0.29) is 11.7 Å². The summed E-state index contributed by atoms with van der Waals surface area (Å²) in [6.07, 6.45) is 0. The van der Waals surface area contributed by atoms with Gasteiger partial charge in [-0.05, 0) is 52.2 Å². The number of nitrogens with one attached hydrogen (secondary N) is 1. The summed E-state index contributed by atoms with van der Waals surface area (Å²) in [6, 6.07) is 26.3. The van der Waals surface area contributed by atoms with Crippen LogP contribution in [0.1, 0.15) is 11.4 Å². The van der Waals surface area contributed by atoms with E-state index in [9.17, 15) is 4.79 Å². The van der Waals surface area contributed by atoms with Gasteiger partial charge in [0.2, 0.25) is 5.91 Å². The molecule has 5 aromatic rings. The van der Waals surface area contributed by atoms with Crippen LogP contribution in [0.4, 0.5) is 5.69 Å². The van der Waals surface area contributed by atoms with Gasteiger partial charge in [-0.3, -0.25) is 4.79 Å². The molecule has 170 valence electrons. The molecule has 6 nitrogen and oxygen atoms in total. The second-order valence-corrected chi connectivity index (χ2v) is 9.00. The van der Waals surface area contributed by atoms with Crippen molar-refractivity contribution < 1.29 is 9.53 Å². The van der Waals surface area contributed by atoms with Gasteiger partial charge in [-0.25, -0.2) is 0 Å². The number of amides is 1. The summed E-state index contributed by atoms with van der Waals surface area (Å²) in [6.45, 7) is 2.36. The van der Waals surface area contributed by atoms with E-state index in [1.165, 1.54) is 22.5 Å². The van der Waals surface area contributed by atoms with Crippen molar-refractivity contribution in [3.05, 3.63) is 90.3 Å². The molecule has 0 atom stereocenters. The molecule has 0 spiro atoms. The van der Waals surface area contributed by atoms with Crippen molar-refractivity contribution in [2.24, 2.45) is 7.05 Å². The highest BCUT2D eigenvalue weighted by atomic mass is 32.2. The van der Waals surface area contributed by atoms with Crippen LogP contribution in [0.15, 0.2) is 84.0 Å². The minimum atomic E-state index is -0.0899. The van der Waals surface area contributed by atoms with E-state index >= 15 is 0 Å². The Hall–Kier alpha value is -3.84. The molecule has 1 N–H and O–H groups in total. The number of anilines is 1. The minimum Gasteiger partial charge on any atom is -0.485 e. The maximum atomic E-state index is 12.5. The smallest absolute Gasteiger partial charge is 0.234 e. The number of nitrogens with zero attached hydrogens (tertiary/aromatic N) is 3. The van der Waals surface area contributed by atoms with Gasteiger partial charge in [0, 0.05) is 12.7 Å². The number of aromatic nitrogens is 3. The third-order valence-corrected chi connectivity index (χ3v) is 6.82. The lowest BCUT2D eigenvalue weighted by Crippen LogP contribution is -2.14. The molecule has 0 saturated heterocycles. The van der Waals surface area contributed by atoms with Gasteiger partial charge >= 0.3 is 0 Å². The largest absolute Gasteiger partial charge is 0.485 e. The van der Waals surface area contributed by atoms with Crippen molar-refractivity contribution in [1.29, 1.82) is 0 Å². The Morgan fingerprint density at radius 1 is 0.941 bits per heavy atom. The number of hydrogen-bond donors (Lipinski definition) is 1. The number of thioether (sulfide) groups is 1. The van der Waals surface area contributed by atoms with E-state index < -0.39 is 0 Å². The fourth-order valence-electron chi connectivity index (χ4n) is 3.90. The predicted octanol–water partition coefficient (Wildman–Crippen LogP) is 5.74. The van der Waals surface area contributed by atoms with Crippen LogP contribution in [0.5, 0.6) is 5.75 Å². The Bertz CT molecular complexity index is 1500. The summed E-state index contributed by atoms with van der Waals surface area (Å²) in [5.41, 5.74) is 1.88. The fraction of sp³-hybridized carbons (Fsp3) is 0.148. The van der Waals surface area contributed by atoms with Crippen LogP contribution in [0.3, 0.4) is 0 Å².